The summed E-state index contributed by atoms with van der Waals surface area (Å²) in [4.78, 5) is 14.0. The first-order chi connectivity index (χ1) is 10.3. The van der Waals surface area contributed by atoms with Crippen molar-refractivity contribution in [2.75, 3.05) is 5.32 Å². The molecule has 1 aliphatic rings. The molecule has 0 aliphatic carbocycles. The molecule has 22 heavy (non-hydrogen) atoms. The highest BCUT2D eigenvalue weighted by Gasteiger charge is 2.34. The molecule has 6 heteroatoms. The molecule has 3 nitrogen and oxygen atoms in total. The Morgan fingerprint density at radius 1 is 1.27 bits per heavy atom. The van der Waals surface area contributed by atoms with Crippen LogP contribution in [0.2, 0.25) is 0 Å². The number of fused-ring (bicyclic) bond motifs is 2. The van der Waals surface area contributed by atoms with Crippen molar-refractivity contribution in [3.8, 4) is 0 Å². The molecule has 0 amide bonds. The lowest BCUT2D eigenvalue weighted by Gasteiger charge is -2.32. The van der Waals surface area contributed by atoms with E-state index in [1.807, 2.05) is 0 Å². The number of hydrogen-bond acceptors (Lipinski definition) is 2. The van der Waals surface area contributed by atoms with Gasteiger partial charge in [-0.3, -0.25) is 4.79 Å². The molecule has 118 valence electrons. The van der Waals surface area contributed by atoms with E-state index in [9.17, 15) is 18.0 Å². The first-order valence-corrected chi connectivity index (χ1v) is 7.33. The monoisotopic (exact) mass is 310 g/mol. The molecule has 1 aromatic heterocycles. The fourth-order valence-electron chi connectivity index (χ4n) is 3.22. The van der Waals surface area contributed by atoms with E-state index in [1.54, 1.807) is 12.1 Å². The predicted octanol–water partition coefficient (Wildman–Crippen LogP) is 3.93. The van der Waals surface area contributed by atoms with Crippen LogP contribution in [0.25, 0.3) is 10.9 Å². The Morgan fingerprint density at radius 3 is 2.64 bits per heavy atom. The van der Waals surface area contributed by atoms with Gasteiger partial charge in [0.2, 0.25) is 5.56 Å². The summed E-state index contributed by atoms with van der Waals surface area (Å²) in [6.45, 7) is 4.16. The Labute approximate surface area is 125 Å². The van der Waals surface area contributed by atoms with Crippen LogP contribution < -0.4 is 10.9 Å². The Hall–Kier alpha value is -1.98. The van der Waals surface area contributed by atoms with Crippen LogP contribution in [0.4, 0.5) is 18.9 Å². The third-order valence-corrected chi connectivity index (χ3v) is 4.38. The van der Waals surface area contributed by atoms with Gasteiger partial charge < -0.3 is 10.3 Å². The number of benzene rings is 1. The quantitative estimate of drug-likeness (QED) is 0.838. The van der Waals surface area contributed by atoms with Gasteiger partial charge in [0.1, 0.15) is 0 Å². The molecule has 0 saturated heterocycles. The minimum atomic E-state index is -4.54. The Kier molecular flexibility index (Phi) is 3.42. The minimum Gasteiger partial charge on any atom is -0.382 e. The fraction of sp³-hybridized carbons (Fsp3) is 0.438. The van der Waals surface area contributed by atoms with Gasteiger partial charge in [-0.1, -0.05) is 13.8 Å². The molecule has 0 unspecified atom stereocenters. The smallest absolute Gasteiger partial charge is 0.382 e. The number of aromatic nitrogens is 1. The van der Waals surface area contributed by atoms with Crippen molar-refractivity contribution in [3.63, 3.8) is 0 Å². The second kappa shape index (κ2) is 5.04. The van der Waals surface area contributed by atoms with Gasteiger partial charge in [0.15, 0.2) is 0 Å². The van der Waals surface area contributed by atoms with E-state index < -0.39 is 17.3 Å². The van der Waals surface area contributed by atoms with E-state index >= 15 is 0 Å². The lowest BCUT2D eigenvalue weighted by molar-refractivity contribution is -0.136. The number of aromatic amines is 1. The molecular weight excluding hydrogens is 293 g/mol. The Morgan fingerprint density at radius 2 is 2.00 bits per heavy atom. The van der Waals surface area contributed by atoms with Gasteiger partial charge in [0, 0.05) is 23.2 Å². The third kappa shape index (κ3) is 2.46. The highest BCUT2D eigenvalue weighted by Crippen LogP contribution is 2.37. The van der Waals surface area contributed by atoms with Crippen molar-refractivity contribution in [1.29, 1.82) is 0 Å². The van der Waals surface area contributed by atoms with E-state index in [0.717, 1.165) is 24.1 Å². The van der Waals surface area contributed by atoms with Gasteiger partial charge in [-0.15, -0.1) is 0 Å². The average Bonchev–Trinajstić information content (AvgIpc) is 2.43. The van der Waals surface area contributed by atoms with E-state index in [4.69, 9.17) is 0 Å². The van der Waals surface area contributed by atoms with Gasteiger partial charge in [-0.25, -0.2) is 0 Å². The highest BCUT2D eigenvalue weighted by molar-refractivity contribution is 5.87. The minimum absolute atomic E-state index is 0.0507. The number of alkyl halides is 3. The molecule has 0 radical (unpaired) electrons. The van der Waals surface area contributed by atoms with Crippen molar-refractivity contribution in [3.05, 3.63) is 39.7 Å². The molecule has 0 saturated carbocycles. The average molecular weight is 310 g/mol. The summed E-state index contributed by atoms with van der Waals surface area (Å²) in [6.07, 6.45) is -2.87. The number of pyridine rings is 1. The molecular formula is C16H17F3N2O. The van der Waals surface area contributed by atoms with E-state index in [0.29, 0.717) is 18.0 Å². The van der Waals surface area contributed by atoms with Crippen LogP contribution in [-0.4, -0.2) is 11.0 Å². The van der Waals surface area contributed by atoms with Crippen LogP contribution in [0.15, 0.2) is 23.0 Å². The Balaban J connectivity index is 2.23. The van der Waals surface area contributed by atoms with E-state index in [1.165, 1.54) is 0 Å². The summed E-state index contributed by atoms with van der Waals surface area (Å²) >= 11 is 0. The summed E-state index contributed by atoms with van der Waals surface area (Å²) in [6, 6.07) is 4.10. The molecule has 2 atom stereocenters. The van der Waals surface area contributed by atoms with Crippen molar-refractivity contribution in [2.24, 2.45) is 5.92 Å². The predicted molar refractivity (Wildman–Crippen MR) is 80.1 cm³/mol. The summed E-state index contributed by atoms with van der Waals surface area (Å²) in [5.74, 6) is 0.354. The zero-order valence-corrected chi connectivity index (χ0v) is 12.3. The highest BCUT2D eigenvalue weighted by atomic mass is 19.4. The first-order valence-electron chi connectivity index (χ1n) is 7.33. The molecule has 1 aromatic carbocycles. The lowest BCUT2D eigenvalue weighted by Crippen LogP contribution is -2.32. The molecule has 2 heterocycles. The topological polar surface area (TPSA) is 44.9 Å². The Bertz CT molecular complexity index is 779. The molecule has 0 bridgehead atoms. The number of H-pyrrole nitrogens is 1. The third-order valence-electron chi connectivity index (χ3n) is 4.38. The molecule has 2 aromatic rings. The molecule has 1 aliphatic heterocycles. The van der Waals surface area contributed by atoms with Crippen LogP contribution in [0, 0.1) is 5.92 Å². The van der Waals surface area contributed by atoms with Gasteiger partial charge in [-0.05, 0) is 36.5 Å². The maximum Gasteiger partial charge on any atom is 0.417 e. The summed E-state index contributed by atoms with van der Waals surface area (Å²) in [7, 11) is 0. The standard InChI is InChI=1S/C16H17F3N2O/c1-3-12-8(2)4-9-5-10-11(16(17,18)19)6-15(22)21-14(10)7-13(9)20-12/h5-8,12,20H,3-4H2,1-2H3,(H,21,22)/t8-,12-/m1/s1. The number of halogens is 3. The largest absolute Gasteiger partial charge is 0.417 e. The van der Waals surface area contributed by atoms with Gasteiger partial charge in [0.05, 0.1) is 11.1 Å². The zero-order valence-electron chi connectivity index (χ0n) is 12.3. The second-order valence-corrected chi connectivity index (χ2v) is 5.94. The number of anilines is 1. The summed E-state index contributed by atoms with van der Waals surface area (Å²) in [5, 5.41) is 3.41. The number of nitrogens with one attached hydrogen (secondary N) is 2. The molecule has 0 fully saturated rings. The van der Waals surface area contributed by atoms with Crippen LogP contribution >= 0.6 is 0 Å². The van der Waals surface area contributed by atoms with Crippen molar-refractivity contribution in [1.82, 2.24) is 4.98 Å². The van der Waals surface area contributed by atoms with Gasteiger partial charge in [-0.2, -0.15) is 13.2 Å². The van der Waals surface area contributed by atoms with Crippen molar-refractivity contribution in [2.45, 2.75) is 38.9 Å². The maximum atomic E-state index is 13.2. The molecule has 2 N–H and O–H groups in total. The van der Waals surface area contributed by atoms with Crippen molar-refractivity contribution >= 4 is 16.6 Å². The van der Waals surface area contributed by atoms with E-state index in [-0.39, 0.29) is 10.9 Å². The number of rotatable bonds is 1. The summed E-state index contributed by atoms with van der Waals surface area (Å²) in [5.41, 5.74) is 0.278. The van der Waals surface area contributed by atoms with Gasteiger partial charge in [0.25, 0.3) is 0 Å². The first kappa shape index (κ1) is 14.9. The molecule has 3 rings (SSSR count). The normalized spacial score (nSPS) is 21.5. The summed E-state index contributed by atoms with van der Waals surface area (Å²) < 4.78 is 39.5. The second-order valence-electron chi connectivity index (χ2n) is 5.94. The lowest BCUT2D eigenvalue weighted by atomic mass is 9.86. The van der Waals surface area contributed by atoms with Crippen molar-refractivity contribution < 1.29 is 13.2 Å². The van der Waals surface area contributed by atoms with Crippen LogP contribution in [0.5, 0.6) is 0 Å². The molecule has 0 spiro atoms. The maximum absolute atomic E-state index is 13.2. The zero-order chi connectivity index (χ0) is 16.1. The number of hydrogen-bond donors (Lipinski definition) is 2. The SMILES string of the molecule is CC[C@H]1Nc2cc3[nH]c(=O)cc(C(F)(F)F)c3cc2C[C@H]1C. The van der Waals surface area contributed by atoms with E-state index in [2.05, 4.69) is 24.1 Å². The van der Waals surface area contributed by atoms with Crippen LogP contribution in [0.3, 0.4) is 0 Å². The van der Waals surface area contributed by atoms with Gasteiger partial charge >= 0.3 is 6.18 Å². The fourth-order valence-corrected chi connectivity index (χ4v) is 3.22. The van der Waals surface area contributed by atoms with Crippen LogP contribution in [0.1, 0.15) is 31.4 Å². The van der Waals surface area contributed by atoms with Crippen LogP contribution in [-0.2, 0) is 12.6 Å².